The SMILES string of the molecule is CCCCOC(=O)c1ccc(N2C(=O)C(NS(=O)(=O)c3ccc(N)cc3)=C(Sc3ccccc3)C2=O)cc1. The minimum atomic E-state index is -4.21. The van der Waals surface area contributed by atoms with E-state index in [1.807, 2.05) is 6.92 Å². The van der Waals surface area contributed by atoms with Crippen molar-refractivity contribution in [1.29, 1.82) is 0 Å². The van der Waals surface area contributed by atoms with Gasteiger partial charge >= 0.3 is 5.97 Å². The van der Waals surface area contributed by atoms with Gasteiger partial charge in [-0.2, -0.15) is 0 Å². The van der Waals surface area contributed by atoms with Gasteiger partial charge in [-0.15, -0.1) is 0 Å². The molecule has 0 fully saturated rings. The number of ether oxygens (including phenoxy) is 1. The van der Waals surface area contributed by atoms with Crippen molar-refractivity contribution >= 4 is 50.9 Å². The van der Waals surface area contributed by atoms with Crippen molar-refractivity contribution < 1.29 is 27.5 Å². The molecule has 0 saturated carbocycles. The molecule has 0 atom stereocenters. The quantitative estimate of drug-likeness (QED) is 0.167. The summed E-state index contributed by atoms with van der Waals surface area (Å²) in [5.74, 6) is -2.05. The van der Waals surface area contributed by atoms with Gasteiger partial charge in [0.2, 0.25) is 0 Å². The zero-order valence-electron chi connectivity index (χ0n) is 20.4. The number of nitrogens with one attached hydrogen (secondary N) is 1. The van der Waals surface area contributed by atoms with Crippen LogP contribution in [0.15, 0.2) is 99.3 Å². The number of sulfonamides is 1. The van der Waals surface area contributed by atoms with Gasteiger partial charge in [-0.3, -0.25) is 14.3 Å². The number of hydrogen-bond acceptors (Lipinski definition) is 8. The monoisotopic (exact) mass is 551 g/mol. The topological polar surface area (TPSA) is 136 Å². The summed E-state index contributed by atoms with van der Waals surface area (Å²) in [7, 11) is -4.21. The van der Waals surface area contributed by atoms with Gasteiger partial charge in [-0.1, -0.05) is 43.3 Å². The van der Waals surface area contributed by atoms with Gasteiger partial charge < -0.3 is 10.5 Å². The van der Waals surface area contributed by atoms with E-state index in [1.165, 1.54) is 48.5 Å². The summed E-state index contributed by atoms with van der Waals surface area (Å²) in [6, 6.07) is 20.0. The van der Waals surface area contributed by atoms with Crippen LogP contribution in [0.5, 0.6) is 0 Å². The van der Waals surface area contributed by atoms with E-state index >= 15 is 0 Å². The van der Waals surface area contributed by atoms with Crippen molar-refractivity contribution in [2.45, 2.75) is 29.6 Å². The summed E-state index contributed by atoms with van der Waals surface area (Å²) in [5.41, 5.74) is 6.11. The third-order valence-corrected chi connectivity index (χ3v) is 7.98. The molecule has 0 aliphatic carbocycles. The molecule has 196 valence electrons. The number of carbonyl (C=O) groups excluding carboxylic acids is 3. The van der Waals surface area contributed by atoms with Gasteiger partial charge in [0.25, 0.3) is 21.8 Å². The van der Waals surface area contributed by atoms with Crippen LogP contribution in [-0.4, -0.2) is 32.8 Å². The molecule has 3 N–H and O–H groups in total. The number of unbranched alkanes of at least 4 members (excludes halogenated alkanes) is 1. The highest BCUT2D eigenvalue weighted by Gasteiger charge is 2.42. The van der Waals surface area contributed by atoms with E-state index in [-0.39, 0.29) is 26.7 Å². The number of carbonyl (C=O) groups is 3. The zero-order chi connectivity index (χ0) is 27.3. The molecule has 0 spiro atoms. The van der Waals surface area contributed by atoms with Crippen LogP contribution in [0.3, 0.4) is 0 Å². The number of hydrogen-bond donors (Lipinski definition) is 2. The highest BCUT2D eigenvalue weighted by atomic mass is 32.2. The first-order valence-corrected chi connectivity index (χ1v) is 14.0. The highest BCUT2D eigenvalue weighted by molar-refractivity contribution is 8.04. The van der Waals surface area contributed by atoms with Gasteiger partial charge in [0.1, 0.15) is 10.6 Å². The Balaban J connectivity index is 1.65. The van der Waals surface area contributed by atoms with Crippen molar-refractivity contribution in [1.82, 2.24) is 4.72 Å². The molecule has 0 bridgehead atoms. The lowest BCUT2D eigenvalue weighted by molar-refractivity contribution is -0.120. The van der Waals surface area contributed by atoms with Crippen molar-refractivity contribution in [2.75, 3.05) is 17.2 Å². The van der Waals surface area contributed by atoms with Crippen LogP contribution < -0.4 is 15.4 Å². The molecular weight excluding hydrogens is 526 g/mol. The highest BCUT2D eigenvalue weighted by Crippen LogP contribution is 2.37. The first-order chi connectivity index (χ1) is 18.2. The normalized spacial score (nSPS) is 13.7. The molecule has 38 heavy (non-hydrogen) atoms. The van der Waals surface area contributed by atoms with E-state index < -0.39 is 27.8 Å². The Morgan fingerprint density at radius 1 is 0.947 bits per heavy atom. The van der Waals surface area contributed by atoms with E-state index in [9.17, 15) is 22.8 Å². The summed E-state index contributed by atoms with van der Waals surface area (Å²) < 4.78 is 33.7. The number of thioether (sulfide) groups is 1. The Bertz CT molecular complexity index is 1490. The Morgan fingerprint density at radius 3 is 2.24 bits per heavy atom. The molecule has 0 unspecified atom stereocenters. The first-order valence-electron chi connectivity index (χ1n) is 11.7. The van der Waals surface area contributed by atoms with Crippen LogP contribution in [0.25, 0.3) is 0 Å². The summed E-state index contributed by atoms with van der Waals surface area (Å²) in [5, 5.41) is 0. The van der Waals surface area contributed by atoms with Crippen LogP contribution in [-0.2, 0) is 24.3 Å². The average Bonchev–Trinajstić information content (AvgIpc) is 3.13. The molecule has 1 aliphatic rings. The second kappa shape index (κ2) is 11.5. The molecule has 1 aliphatic heterocycles. The lowest BCUT2D eigenvalue weighted by Crippen LogP contribution is -2.35. The van der Waals surface area contributed by atoms with Crippen LogP contribution in [0.1, 0.15) is 30.1 Å². The first kappa shape index (κ1) is 27.0. The molecule has 3 aromatic rings. The summed E-state index contributed by atoms with van der Waals surface area (Å²) in [4.78, 5) is 40.5. The van der Waals surface area contributed by atoms with E-state index in [0.29, 0.717) is 17.2 Å². The second-order valence-corrected chi connectivity index (χ2v) is 11.0. The van der Waals surface area contributed by atoms with Gasteiger partial charge in [-0.25, -0.2) is 18.1 Å². The van der Waals surface area contributed by atoms with E-state index in [0.717, 1.165) is 29.5 Å². The molecule has 11 heteroatoms. The Morgan fingerprint density at radius 2 is 1.61 bits per heavy atom. The fourth-order valence-electron chi connectivity index (χ4n) is 3.51. The number of anilines is 2. The largest absolute Gasteiger partial charge is 0.462 e. The van der Waals surface area contributed by atoms with Crippen LogP contribution >= 0.6 is 11.8 Å². The molecular formula is C27H25N3O6S2. The summed E-state index contributed by atoms with van der Waals surface area (Å²) in [6.45, 7) is 2.27. The van der Waals surface area contributed by atoms with Crippen LogP contribution in [0, 0.1) is 0 Å². The average molecular weight is 552 g/mol. The maximum Gasteiger partial charge on any atom is 0.338 e. The maximum absolute atomic E-state index is 13.5. The minimum Gasteiger partial charge on any atom is -0.462 e. The number of esters is 1. The van der Waals surface area contributed by atoms with Crippen molar-refractivity contribution in [3.63, 3.8) is 0 Å². The van der Waals surface area contributed by atoms with E-state index in [4.69, 9.17) is 10.5 Å². The minimum absolute atomic E-state index is 0.0803. The molecule has 0 aromatic heterocycles. The smallest absolute Gasteiger partial charge is 0.338 e. The van der Waals surface area contributed by atoms with Gasteiger partial charge in [-0.05, 0) is 67.1 Å². The zero-order valence-corrected chi connectivity index (χ0v) is 22.1. The molecule has 2 amide bonds. The van der Waals surface area contributed by atoms with Crippen molar-refractivity contribution in [2.24, 2.45) is 0 Å². The molecule has 4 rings (SSSR count). The molecule has 0 radical (unpaired) electrons. The fourth-order valence-corrected chi connectivity index (χ4v) is 5.60. The Hall–Kier alpha value is -4.09. The van der Waals surface area contributed by atoms with E-state index in [1.54, 1.807) is 30.3 Å². The Labute approximate surface area is 224 Å². The summed E-state index contributed by atoms with van der Waals surface area (Å²) in [6.07, 6.45) is 1.62. The van der Waals surface area contributed by atoms with Gasteiger partial charge in [0, 0.05) is 10.6 Å². The number of rotatable bonds is 10. The number of benzene rings is 3. The number of amides is 2. The predicted molar refractivity (Wildman–Crippen MR) is 145 cm³/mol. The standard InChI is InChI=1S/C27H25N3O6S2/c1-2-3-17-36-27(33)18-9-13-20(14-10-18)30-25(31)23(24(26(30)32)37-21-7-5-4-6-8-21)29-38(34,35)22-15-11-19(28)12-16-22/h4-16,29H,2-3,17,28H2,1H3. The molecule has 1 heterocycles. The van der Waals surface area contributed by atoms with Crippen LogP contribution in [0.4, 0.5) is 11.4 Å². The fraction of sp³-hybridized carbons (Fsp3) is 0.148. The number of nitrogens with two attached hydrogens (primary N) is 1. The number of imide groups is 1. The third kappa shape index (κ3) is 5.90. The lowest BCUT2D eigenvalue weighted by Gasteiger charge is -2.16. The Kier molecular flexibility index (Phi) is 8.18. The van der Waals surface area contributed by atoms with E-state index in [2.05, 4.69) is 4.72 Å². The maximum atomic E-state index is 13.5. The molecule has 3 aromatic carbocycles. The number of nitrogens with zero attached hydrogens (tertiary/aromatic N) is 1. The number of nitrogen functional groups attached to an aromatic ring is 1. The van der Waals surface area contributed by atoms with Crippen molar-refractivity contribution in [3.8, 4) is 0 Å². The molecule has 0 saturated heterocycles. The lowest BCUT2D eigenvalue weighted by atomic mass is 10.2. The van der Waals surface area contributed by atoms with Crippen LogP contribution in [0.2, 0.25) is 0 Å². The predicted octanol–water partition coefficient (Wildman–Crippen LogP) is 4.08. The second-order valence-electron chi connectivity index (χ2n) is 8.28. The summed E-state index contributed by atoms with van der Waals surface area (Å²) >= 11 is 0.974. The third-order valence-electron chi connectivity index (χ3n) is 5.52. The molecule has 9 nitrogen and oxygen atoms in total. The van der Waals surface area contributed by atoms with Gasteiger partial charge in [0.05, 0.1) is 22.8 Å². The van der Waals surface area contributed by atoms with Crippen molar-refractivity contribution in [3.05, 3.63) is 95.0 Å². The van der Waals surface area contributed by atoms with Gasteiger partial charge in [0.15, 0.2) is 0 Å².